The molecule has 2 nitrogen and oxygen atoms in total. The first kappa shape index (κ1) is 11.0. The smallest absolute Gasteiger partial charge is 0.262 e. The lowest BCUT2D eigenvalue weighted by molar-refractivity contribution is -0.112. The number of carbonyl (C=O) groups is 1. The Morgan fingerprint density at radius 2 is 2.07 bits per heavy atom. The number of amides is 1. The van der Waals surface area contributed by atoms with Crippen LogP contribution in [0.1, 0.15) is 11.1 Å². The first-order valence-corrected chi connectivity index (χ1v) is 5.03. The van der Waals surface area contributed by atoms with Crippen LogP contribution in [0.4, 0.5) is 5.69 Å². The predicted molar refractivity (Wildman–Crippen MR) is 62.6 cm³/mol. The SMILES string of the molecule is C=C(Br)C(=O)Nc1cc(C)ccc1C. The van der Waals surface area contributed by atoms with E-state index >= 15 is 0 Å². The molecule has 0 aliphatic heterocycles. The van der Waals surface area contributed by atoms with E-state index in [2.05, 4.69) is 27.8 Å². The fraction of sp³-hybridized carbons (Fsp3) is 0.182. The van der Waals surface area contributed by atoms with Crippen molar-refractivity contribution in [2.45, 2.75) is 13.8 Å². The molecule has 0 radical (unpaired) electrons. The van der Waals surface area contributed by atoms with Crippen LogP contribution in [0.15, 0.2) is 29.3 Å². The van der Waals surface area contributed by atoms with Gasteiger partial charge in [0.2, 0.25) is 0 Å². The Hall–Kier alpha value is -1.09. The molecule has 0 unspecified atom stereocenters. The Labute approximate surface area is 92.1 Å². The van der Waals surface area contributed by atoms with Crippen molar-refractivity contribution < 1.29 is 4.79 Å². The molecule has 0 spiro atoms. The van der Waals surface area contributed by atoms with Crippen molar-refractivity contribution >= 4 is 27.5 Å². The van der Waals surface area contributed by atoms with E-state index in [0.717, 1.165) is 16.8 Å². The van der Waals surface area contributed by atoms with Gasteiger partial charge < -0.3 is 5.32 Å². The zero-order chi connectivity index (χ0) is 10.7. The second-order valence-corrected chi connectivity index (χ2v) is 4.13. The highest BCUT2D eigenvalue weighted by Crippen LogP contribution is 2.17. The van der Waals surface area contributed by atoms with Gasteiger partial charge >= 0.3 is 0 Å². The van der Waals surface area contributed by atoms with Crippen LogP contribution in [0.5, 0.6) is 0 Å². The van der Waals surface area contributed by atoms with Crippen LogP contribution in [0, 0.1) is 13.8 Å². The molecule has 74 valence electrons. The van der Waals surface area contributed by atoms with Gasteiger partial charge in [-0.15, -0.1) is 0 Å². The van der Waals surface area contributed by atoms with E-state index in [-0.39, 0.29) is 5.91 Å². The summed E-state index contributed by atoms with van der Waals surface area (Å²) in [6, 6.07) is 5.92. The van der Waals surface area contributed by atoms with Crippen molar-refractivity contribution in [2.75, 3.05) is 5.32 Å². The molecule has 0 saturated carbocycles. The molecule has 1 amide bonds. The van der Waals surface area contributed by atoms with Crippen molar-refractivity contribution in [3.05, 3.63) is 40.4 Å². The van der Waals surface area contributed by atoms with Gasteiger partial charge in [-0.25, -0.2) is 0 Å². The molecule has 1 aromatic carbocycles. The van der Waals surface area contributed by atoms with Gasteiger partial charge in [-0.05, 0) is 47.0 Å². The third kappa shape index (κ3) is 2.70. The maximum Gasteiger partial charge on any atom is 0.262 e. The first-order valence-electron chi connectivity index (χ1n) is 4.23. The lowest BCUT2D eigenvalue weighted by Crippen LogP contribution is -2.11. The predicted octanol–water partition coefficient (Wildman–Crippen LogP) is 3.15. The summed E-state index contributed by atoms with van der Waals surface area (Å²) < 4.78 is 0.332. The molecule has 14 heavy (non-hydrogen) atoms. The molecule has 0 fully saturated rings. The summed E-state index contributed by atoms with van der Waals surface area (Å²) >= 11 is 3.03. The highest BCUT2D eigenvalue weighted by Gasteiger charge is 2.05. The molecular formula is C11H12BrNO. The van der Waals surface area contributed by atoms with Gasteiger partial charge in [0, 0.05) is 5.69 Å². The van der Waals surface area contributed by atoms with Gasteiger partial charge in [-0.1, -0.05) is 18.7 Å². The fourth-order valence-corrected chi connectivity index (χ4v) is 1.16. The highest BCUT2D eigenvalue weighted by atomic mass is 79.9. The fourth-order valence-electron chi connectivity index (χ4n) is 1.06. The number of anilines is 1. The molecule has 1 N–H and O–H groups in total. The average Bonchev–Trinajstić information content (AvgIpc) is 2.11. The van der Waals surface area contributed by atoms with E-state index in [0.29, 0.717) is 4.48 Å². The molecule has 1 rings (SSSR count). The van der Waals surface area contributed by atoms with E-state index < -0.39 is 0 Å². The number of carbonyl (C=O) groups excluding carboxylic acids is 1. The summed E-state index contributed by atoms with van der Waals surface area (Å²) in [6.45, 7) is 7.44. The Morgan fingerprint density at radius 3 is 2.64 bits per heavy atom. The van der Waals surface area contributed by atoms with Crippen molar-refractivity contribution in [2.24, 2.45) is 0 Å². The molecule has 0 saturated heterocycles. The van der Waals surface area contributed by atoms with E-state index in [1.54, 1.807) is 0 Å². The van der Waals surface area contributed by atoms with Crippen LogP contribution in [-0.4, -0.2) is 5.91 Å². The summed E-state index contributed by atoms with van der Waals surface area (Å²) in [5, 5.41) is 2.77. The minimum Gasteiger partial charge on any atom is -0.321 e. The first-order chi connectivity index (χ1) is 6.50. The molecule has 0 aromatic heterocycles. The highest BCUT2D eigenvalue weighted by molar-refractivity contribution is 9.12. The molecule has 0 bridgehead atoms. The minimum absolute atomic E-state index is 0.210. The summed E-state index contributed by atoms with van der Waals surface area (Å²) in [4.78, 5) is 11.3. The second kappa shape index (κ2) is 4.42. The lowest BCUT2D eigenvalue weighted by atomic mass is 10.1. The number of rotatable bonds is 2. The molecule has 0 aliphatic rings. The largest absolute Gasteiger partial charge is 0.321 e. The third-order valence-electron chi connectivity index (χ3n) is 1.89. The average molecular weight is 254 g/mol. The number of aryl methyl sites for hydroxylation is 2. The van der Waals surface area contributed by atoms with E-state index in [1.807, 2.05) is 32.0 Å². The summed E-state index contributed by atoms with van der Waals surface area (Å²) in [6.07, 6.45) is 0. The van der Waals surface area contributed by atoms with E-state index in [4.69, 9.17) is 0 Å². The summed E-state index contributed by atoms with van der Waals surface area (Å²) in [5.74, 6) is -0.210. The Morgan fingerprint density at radius 1 is 1.43 bits per heavy atom. The van der Waals surface area contributed by atoms with Gasteiger partial charge in [0.05, 0.1) is 4.48 Å². The monoisotopic (exact) mass is 253 g/mol. The topological polar surface area (TPSA) is 29.1 Å². The molecule has 1 aromatic rings. The van der Waals surface area contributed by atoms with Gasteiger partial charge in [0.15, 0.2) is 0 Å². The number of nitrogens with one attached hydrogen (secondary N) is 1. The normalized spacial score (nSPS) is 9.64. The molecule has 0 aliphatic carbocycles. The maximum atomic E-state index is 11.3. The Balaban J connectivity index is 2.91. The quantitative estimate of drug-likeness (QED) is 0.807. The summed E-state index contributed by atoms with van der Waals surface area (Å²) in [7, 11) is 0. The van der Waals surface area contributed by atoms with Crippen molar-refractivity contribution in [1.82, 2.24) is 0 Å². The van der Waals surface area contributed by atoms with E-state index in [9.17, 15) is 4.79 Å². The number of hydrogen-bond acceptors (Lipinski definition) is 1. The molecule has 0 atom stereocenters. The van der Waals surface area contributed by atoms with Gasteiger partial charge in [0.1, 0.15) is 0 Å². The van der Waals surface area contributed by atoms with Crippen LogP contribution in [0.2, 0.25) is 0 Å². The van der Waals surface area contributed by atoms with Crippen LogP contribution >= 0.6 is 15.9 Å². The number of halogens is 1. The minimum atomic E-state index is -0.210. The zero-order valence-corrected chi connectivity index (χ0v) is 9.81. The van der Waals surface area contributed by atoms with Gasteiger partial charge in [-0.3, -0.25) is 4.79 Å². The van der Waals surface area contributed by atoms with Crippen molar-refractivity contribution in [3.8, 4) is 0 Å². The molecule has 3 heteroatoms. The van der Waals surface area contributed by atoms with Crippen LogP contribution in [0.25, 0.3) is 0 Å². The van der Waals surface area contributed by atoms with E-state index in [1.165, 1.54) is 0 Å². The zero-order valence-electron chi connectivity index (χ0n) is 8.23. The second-order valence-electron chi connectivity index (χ2n) is 3.18. The summed E-state index contributed by atoms with van der Waals surface area (Å²) in [5.41, 5.74) is 2.99. The Kier molecular flexibility index (Phi) is 3.47. The number of benzene rings is 1. The van der Waals surface area contributed by atoms with Gasteiger partial charge in [-0.2, -0.15) is 0 Å². The number of hydrogen-bond donors (Lipinski definition) is 1. The van der Waals surface area contributed by atoms with Crippen molar-refractivity contribution in [3.63, 3.8) is 0 Å². The van der Waals surface area contributed by atoms with Crippen LogP contribution < -0.4 is 5.32 Å². The third-order valence-corrected chi connectivity index (χ3v) is 2.25. The molecular weight excluding hydrogens is 242 g/mol. The van der Waals surface area contributed by atoms with Gasteiger partial charge in [0.25, 0.3) is 5.91 Å². The Bertz CT molecular complexity index is 385. The van der Waals surface area contributed by atoms with Crippen molar-refractivity contribution in [1.29, 1.82) is 0 Å². The van der Waals surface area contributed by atoms with Crippen LogP contribution in [0.3, 0.4) is 0 Å². The standard InChI is InChI=1S/C11H12BrNO/c1-7-4-5-8(2)10(6-7)13-11(14)9(3)12/h4-6H,3H2,1-2H3,(H,13,14). The molecule has 0 heterocycles. The van der Waals surface area contributed by atoms with Crippen LogP contribution in [-0.2, 0) is 4.79 Å². The maximum absolute atomic E-state index is 11.3. The lowest BCUT2D eigenvalue weighted by Gasteiger charge is -2.08.